The highest BCUT2D eigenvalue weighted by atomic mass is 35.5. The van der Waals surface area contributed by atoms with E-state index in [0.29, 0.717) is 11.4 Å². The van der Waals surface area contributed by atoms with Gasteiger partial charge in [0.25, 0.3) is 0 Å². The standard InChI is InChI=1S/C13H18ClN5/c1-9(2)19-13(11(14)8-17-19)12(18-15)7-10-5-3-4-6-16-10/h3-6,8-9,12,18H,7,15H2,1-2H3. The summed E-state index contributed by atoms with van der Waals surface area (Å²) in [6.45, 7) is 4.11. The summed E-state index contributed by atoms with van der Waals surface area (Å²) in [6, 6.07) is 5.92. The van der Waals surface area contributed by atoms with Crippen molar-refractivity contribution in [3.05, 3.63) is 47.0 Å². The summed E-state index contributed by atoms with van der Waals surface area (Å²) in [5.41, 5.74) is 4.65. The maximum absolute atomic E-state index is 6.23. The van der Waals surface area contributed by atoms with Gasteiger partial charge in [0.15, 0.2) is 0 Å². The Kier molecular flexibility index (Phi) is 4.52. The van der Waals surface area contributed by atoms with Crippen molar-refractivity contribution in [3.63, 3.8) is 0 Å². The van der Waals surface area contributed by atoms with E-state index in [1.807, 2.05) is 22.9 Å². The number of rotatable bonds is 5. The maximum Gasteiger partial charge on any atom is 0.0834 e. The Bertz CT molecular complexity index is 523. The summed E-state index contributed by atoms with van der Waals surface area (Å²) in [6.07, 6.45) is 4.08. The summed E-state index contributed by atoms with van der Waals surface area (Å²) in [7, 11) is 0. The molecule has 2 rings (SSSR count). The Morgan fingerprint density at radius 3 is 2.79 bits per heavy atom. The predicted molar refractivity (Wildman–Crippen MR) is 75.6 cm³/mol. The van der Waals surface area contributed by atoms with Crippen molar-refractivity contribution in [2.75, 3.05) is 0 Å². The quantitative estimate of drug-likeness (QED) is 0.651. The van der Waals surface area contributed by atoms with Crippen molar-refractivity contribution in [2.24, 2.45) is 5.84 Å². The first-order valence-electron chi connectivity index (χ1n) is 6.22. The molecule has 0 aliphatic rings. The molecule has 0 aliphatic heterocycles. The van der Waals surface area contributed by atoms with Gasteiger partial charge in [-0.1, -0.05) is 17.7 Å². The third kappa shape index (κ3) is 3.12. The number of hydrazine groups is 1. The zero-order valence-corrected chi connectivity index (χ0v) is 11.8. The molecule has 0 saturated heterocycles. The first kappa shape index (κ1) is 14.0. The lowest BCUT2D eigenvalue weighted by Gasteiger charge is -2.20. The number of hydrogen-bond acceptors (Lipinski definition) is 4. The van der Waals surface area contributed by atoms with Gasteiger partial charge in [0.05, 0.1) is 23.0 Å². The molecular formula is C13H18ClN5. The Balaban J connectivity index is 2.29. The Hall–Kier alpha value is -1.43. The van der Waals surface area contributed by atoms with Gasteiger partial charge >= 0.3 is 0 Å². The molecule has 0 saturated carbocycles. The number of aromatic nitrogens is 3. The molecule has 2 aromatic heterocycles. The summed E-state index contributed by atoms with van der Waals surface area (Å²) in [5, 5.41) is 4.91. The van der Waals surface area contributed by atoms with Crippen LogP contribution in [0.2, 0.25) is 5.02 Å². The van der Waals surface area contributed by atoms with Crippen molar-refractivity contribution in [3.8, 4) is 0 Å². The molecule has 0 aromatic carbocycles. The average molecular weight is 280 g/mol. The molecule has 6 heteroatoms. The molecule has 0 amide bonds. The lowest BCUT2D eigenvalue weighted by molar-refractivity contribution is 0.446. The fourth-order valence-corrected chi connectivity index (χ4v) is 2.31. The topological polar surface area (TPSA) is 68.8 Å². The smallest absolute Gasteiger partial charge is 0.0834 e. The molecule has 0 bridgehead atoms. The number of nitrogens with one attached hydrogen (secondary N) is 1. The van der Waals surface area contributed by atoms with Crippen LogP contribution in [0.1, 0.15) is 37.3 Å². The van der Waals surface area contributed by atoms with Crippen LogP contribution in [0.5, 0.6) is 0 Å². The second kappa shape index (κ2) is 6.14. The first-order valence-corrected chi connectivity index (χ1v) is 6.60. The Morgan fingerprint density at radius 1 is 1.42 bits per heavy atom. The monoisotopic (exact) mass is 279 g/mol. The van der Waals surface area contributed by atoms with Crippen molar-refractivity contribution >= 4 is 11.6 Å². The number of nitrogens with two attached hydrogens (primary N) is 1. The number of hydrogen-bond donors (Lipinski definition) is 2. The minimum absolute atomic E-state index is 0.118. The minimum Gasteiger partial charge on any atom is -0.271 e. The van der Waals surface area contributed by atoms with Crippen LogP contribution in [0.3, 0.4) is 0 Å². The fraction of sp³-hybridized carbons (Fsp3) is 0.385. The van der Waals surface area contributed by atoms with Crippen LogP contribution in [0, 0.1) is 0 Å². The van der Waals surface area contributed by atoms with Gasteiger partial charge in [-0.2, -0.15) is 5.10 Å². The van der Waals surface area contributed by atoms with Crippen LogP contribution in [-0.4, -0.2) is 14.8 Å². The highest BCUT2D eigenvalue weighted by Gasteiger charge is 2.21. The molecule has 1 atom stereocenters. The molecule has 102 valence electrons. The molecule has 3 N–H and O–H groups in total. The molecule has 0 aliphatic carbocycles. The van der Waals surface area contributed by atoms with E-state index < -0.39 is 0 Å². The van der Waals surface area contributed by atoms with E-state index in [9.17, 15) is 0 Å². The maximum atomic E-state index is 6.23. The Morgan fingerprint density at radius 2 is 2.21 bits per heavy atom. The van der Waals surface area contributed by atoms with E-state index in [-0.39, 0.29) is 12.1 Å². The van der Waals surface area contributed by atoms with Crippen LogP contribution in [-0.2, 0) is 6.42 Å². The first-order chi connectivity index (χ1) is 9.13. The van der Waals surface area contributed by atoms with Gasteiger partial charge in [-0.15, -0.1) is 0 Å². The largest absolute Gasteiger partial charge is 0.271 e. The summed E-state index contributed by atoms with van der Waals surface area (Å²) in [5.74, 6) is 5.67. The number of pyridine rings is 1. The van der Waals surface area contributed by atoms with E-state index in [0.717, 1.165) is 11.4 Å². The highest BCUT2D eigenvalue weighted by Crippen LogP contribution is 2.27. The summed E-state index contributed by atoms with van der Waals surface area (Å²) in [4.78, 5) is 4.31. The SMILES string of the molecule is CC(C)n1ncc(Cl)c1C(Cc1ccccn1)NN. The molecule has 0 radical (unpaired) electrons. The average Bonchev–Trinajstić information content (AvgIpc) is 2.79. The van der Waals surface area contributed by atoms with Crippen LogP contribution in [0.15, 0.2) is 30.6 Å². The Labute approximate surface area is 117 Å². The molecule has 2 aromatic rings. The molecular weight excluding hydrogens is 262 g/mol. The van der Waals surface area contributed by atoms with Crippen molar-refractivity contribution in [2.45, 2.75) is 32.4 Å². The van der Waals surface area contributed by atoms with Gasteiger partial charge in [-0.25, -0.2) is 0 Å². The second-order valence-corrected chi connectivity index (χ2v) is 5.07. The van der Waals surface area contributed by atoms with E-state index in [1.54, 1.807) is 12.4 Å². The molecule has 2 heterocycles. The van der Waals surface area contributed by atoms with Crippen molar-refractivity contribution < 1.29 is 0 Å². The van der Waals surface area contributed by atoms with Gasteiger partial charge in [0, 0.05) is 24.4 Å². The molecule has 0 fully saturated rings. The lowest BCUT2D eigenvalue weighted by Crippen LogP contribution is -2.32. The number of nitrogens with zero attached hydrogens (tertiary/aromatic N) is 3. The zero-order chi connectivity index (χ0) is 13.8. The van der Waals surface area contributed by atoms with Gasteiger partial charge in [0.1, 0.15) is 0 Å². The summed E-state index contributed by atoms with van der Waals surface area (Å²) < 4.78 is 1.88. The predicted octanol–water partition coefficient (Wildman–Crippen LogP) is 2.26. The molecule has 0 spiro atoms. The van der Waals surface area contributed by atoms with Crippen LogP contribution in [0.25, 0.3) is 0 Å². The normalized spacial score (nSPS) is 12.9. The van der Waals surface area contributed by atoms with Gasteiger partial charge < -0.3 is 0 Å². The van der Waals surface area contributed by atoms with Gasteiger partial charge in [-0.3, -0.25) is 20.9 Å². The fourth-order valence-electron chi connectivity index (χ4n) is 2.05. The molecule has 5 nitrogen and oxygen atoms in total. The molecule has 19 heavy (non-hydrogen) atoms. The van der Waals surface area contributed by atoms with E-state index in [2.05, 4.69) is 29.4 Å². The van der Waals surface area contributed by atoms with Crippen LogP contribution >= 0.6 is 11.6 Å². The van der Waals surface area contributed by atoms with Crippen molar-refractivity contribution in [1.29, 1.82) is 0 Å². The van der Waals surface area contributed by atoms with E-state index in [1.165, 1.54) is 0 Å². The minimum atomic E-state index is -0.118. The zero-order valence-electron chi connectivity index (χ0n) is 11.0. The van der Waals surface area contributed by atoms with Gasteiger partial charge in [-0.05, 0) is 26.0 Å². The summed E-state index contributed by atoms with van der Waals surface area (Å²) >= 11 is 6.23. The highest BCUT2D eigenvalue weighted by molar-refractivity contribution is 6.31. The second-order valence-electron chi connectivity index (χ2n) is 4.66. The third-order valence-corrected chi connectivity index (χ3v) is 3.24. The molecule has 1 unspecified atom stereocenters. The third-order valence-electron chi connectivity index (χ3n) is 2.95. The van der Waals surface area contributed by atoms with Gasteiger partial charge in [0.2, 0.25) is 0 Å². The van der Waals surface area contributed by atoms with E-state index >= 15 is 0 Å². The lowest BCUT2D eigenvalue weighted by atomic mass is 10.1. The van der Waals surface area contributed by atoms with Crippen LogP contribution < -0.4 is 11.3 Å². The van der Waals surface area contributed by atoms with E-state index in [4.69, 9.17) is 17.4 Å². The van der Waals surface area contributed by atoms with Crippen molar-refractivity contribution in [1.82, 2.24) is 20.2 Å². The van der Waals surface area contributed by atoms with Crippen LogP contribution in [0.4, 0.5) is 0 Å². The number of halogens is 1.